The van der Waals surface area contributed by atoms with E-state index >= 15 is 0 Å². The zero-order valence-corrected chi connectivity index (χ0v) is 13.6. The van der Waals surface area contributed by atoms with Crippen LogP contribution in [0.5, 0.6) is 0 Å². The van der Waals surface area contributed by atoms with Gasteiger partial charge in [-0.05, 0) is 42.9 Å². The highest BCUT2D eigenvalue weighted by molar-refractivity contribution is 7.80. The van der Waals surface area contributed by atoms with Crippen molar-refractivity contribution in [2.45, 2.75) is 6.92 Å². The van der Waals surface area contributed by atoms with Crippen molar-refractivity contribution in [2.24, 2.45) is 0 Å². The summed E-state index contributed by atoms with van der Waals surface area (Å²) in [4.78, 5) is 22.5. The van der Waals surface area contributed by atoms with Crippen molar-refractivity contribution in [3.63, 3.8) is 0 Å². The number of carbonyl (C=O) groups excluding carboxylic acids is 1. The first-order chi connectivity index (χ1) is 10.9. The molecule has 0 saturated carbocycles. The standard InChI is InChI=1S/C15H12ClN3O3S/c1-9-11(16)6-4-7-12(9)17-15(23)18-14(20)10-5-2-3-8-13(10)19(21)22/h2-8H,1H3,(H2,17,18,20,23). The van der Waals surface area contributed by atoms with Crippen molar-refractivity contribution in [3.8, 4) is 0 Å². The highest BCUT2D eigenvalue weighted by Crippen LogP contribution is 2.23. The number of halogens is 1. The number of hydrogen-bond acceptors (Lipinski definition) is 4. The first-order valence-electron chi connectivity index (χ1n) is 6.51. The molecular formula is C15H12ClN3O3S. The second-order valence-corrected chi connectivity index (χ2v) is 5.41. The number of nitrogens with zero attached hydrogens (tertiary/aromatic N) is 1. The molecule has 2 aromatic carbocycles. The number of nitro groups is 1. The second kappa shape index (κ2) is 7.17. The summed E-state index contributed by atoms with van der Waals surface area (Å²) in [5.41, 5.74) is 1.07. The van der Waals surface area contributed by atoms with Gasteiger partial charge in [-0.3, -0.25) is 20.2 Å². The van der Waals surface area contributed by atoms with E-state index in [-0.39, 0.29) is 16.4 Å². The fraction of sp³-hybridized carbons (Fsp3) is 0.0667. The molecule has 0 heterocycles. The van der Waals surface area contributed by atoms with E-state index in [2.05, 4.69) is 10.6 Å². The number of hydrogen-bond donors (Lipinski definition) is 2. The first-order valence-corrected chi connectivity index (χ1v) is 7.29. The predicted octanol–water partition coefficient (Wildman–Crippen LogP) is 3.68. The van der Waals surface area contributed by atoms with E-state index in [0.29, 0.717) is 10.7 Å². The Morgan fingerprint density at radius 3 is 2.61 bits per heavy atom. The van der Waals surface area contributed by atoms with E-state index in [1.807, 2.05) is 0 Å². The summed E-state index contributed by atoms with van der Waals surface area (Å²) in [5, 5.41) is 16.8. The van der Waals surface area contributed by atoms with Crippen LogP contribution in [-0.4, -0.2) is 15.9 Å². The third-order valence-electron chi connectivity index (χ3n) is 3.09. The van der Waals surface area contributed by atoms with Gasteiger partial charge in [-0.25, -0.2) is 0 Å². The van der Waals surface area contributed by atoms with Gasteiger partial charge in [0.1, 0.15) is 5.56 Å². The van der Waals surface area contributed by atoms with Crippen LogP contribution in [-0.2, 0) is 0 Å². The molecule has 8 heteroatoms. The van der Waals surface area contributed by atoms with Gasteiger partial charge in [0, 0.05) is 16.8 Å². The summed E-state index contributed by atoms with van der Waals surface area (Å²) in [6.45, 7) is 1.80. The Morgan fingerprint density at radius 2 is 1.91 bits per heavy atom. The maximum absolute atomic E-state index is 12.2. The molecule has 0 bridgehead atoms. The molecule has 23 heavy (non-hydrogen) atoms. The molecule has 2 aromatic rings. The molecule has 0 aliphatic carbocycles. The highest BCUT2D eigenvalue weighted by Gasteiger charge is 2.20. The number of anilines is 1. The summed E-state index contributed by atoms with van der Waals surface area (Å²) < 4.78 is 0. The van der Waals surface area contributed by atoms with E-state index in [0.717, 1.165) is 5.56 Å². The number of amides is 1. The van der Waals surface area contributed by atoms with E-state index in [9.17, 15) is 14.9 Å². The molecule has 0 radical (unpaired) electrons. The zero-order chi connectivity index (χ0) is 17.0. The van der Waals surface area contributed by atoms with Gasteiger partial charge < -0.3 is 5.32 Å². The number of para-hydroxylation sites is 1. The van der Waals surface area contributed by atoms with Crippen molar-refractivity contribution in [1.82, 2.24) is 5.32 Å². The first kappa shape index (κ1) is 16.9. The Morgan fingerprint density at radius 1 is 1.22 bits per heavy atom. The van der Waals surface area contributed by atoms with Crippen LogP contribution in [0.2, 0.25) is 5.02 Å². The van der Waals surface area contributed by atoms with Gasteiger partial charge in [0.05, 0.1) is 4.92 Å². The summed E-state index contributed by atoms with van der Waals surface area (Å²) >= 11 is 11.1. The molecule has 0 spiro atoms. The Balaban J connectivity index is 2.13. The summed E-state index contributed by atoms with van der Waals surface area (Å²) in [6, 6.07) is 10.9. The normalized spacial score (nSPS) is 10.0. The molecule has 0 aromatic heterocycles. The predicted molar refractivity (Wildman–Crippen MR) is 93.0 cm³/mol. The van der Waals surface area contributed by atoms with Crippen LogP contribution in [0.4, 0.5) is 11.4 Å². The third kappa shape index (κ3) is 4.02. The molecule has 0 aliphatic heterocycles. The molecular weight excluding hydrogens is 338 g/mol. The fourth-order valence-corrected chi connectivity index (χ4v) is 2.27. The van der Waals surface area contributed by atoms with Gasteiger partial charge in [0.2, 0.25) is 0 Å². The fourth-order valence-electron chi connectivity index (χ4n) is 1.89. The van der Waals surface area contributed by atoms with Crippen molar-refractivity contribution < 1.29 is 9.72 Å². The van der Waals surface area contributed by atoms with Crippen LogP contribution < -0.4 is 10.6 Å². The zero-order valence-electron chi connectivity index (χ0n) is 12.0. The summed E-state index contributed by atoms with van der Waals surface area (Å²) in [7, 11) is 0. The Kier molecular flexibility index (Phi) is 5.25. The van der Waals surface area contributed by atoms with Crippen molar-refractivity contribution in [3.05, 3.63) is 68.7 Å². The number of nitrogens with one attached hydrogen (secondary N) is 2. The average Bonchev–Trinajstić information content (AvgIpc) is 2.51. The number of rotatable bonds is 3. The van der Waals surface area contributed by atoms with Crippen molar-refractivity contribution in [1.29, 1.82) is 0 Å². The number of nitro benzene ring substituents is 1. The second-order valence-electron chi connectivity index (χ2n) is 4.59. The molecule has 0 saturated heterocycles. The lowest BCUT2D eigenvalue weighted by molar-refractivity contribution is -0.385. The van der Waals surface area contributed by atoms with Crippen LogP contribution in [0, 0.1) is 17.0 Å². The minimum atomic E-state index is -0.658. The Hall–Kier alpha value is -2.51. The molecule has 2 rings (SSSR count). The molecule has 6 nitrogen and oxygen atoms in total. The smallest absolute Gasteiger partial charge is 0.282 e. The number of benzene rings is 2. The van der Waals surface area contributed by atoms with Gasteiger partial charge in [-0.1, -0.05) is 29.8 Å². The van der Waals surface area contributed by atoms with Crippen molar-refractivity contribution in [2.75, 3.05) is 5.32 Å². The third-order valence-corrected chi connectivity index (χ3v) is 3.70. The topological polar surface area (TPSA) is 84.3 Å². The maximum atomic E-state index is 12.2. The Bertz CT molecular complexity index is 795. The van der Waals surface area contributed by atoms with E-state index in [4.69, 9.17) is 23.8 Å². The molecule has 0 atom stereocenters. The minimum absolute atomic E-state index is 0.0264. The van der Waals surface area contributed by atoms with E-state index < -0.39 is 10.8 Å². The Labute approximate surface area is 142 Å². The summed E-state index contributed by atoms with van der Waals surface area (Å²) in [5.74, 6) is -0.658. The van der Waals surface area contributed by atoms with Gasteiger partial charge in [0.15, 0.2) is 5.11 Å². The van der Waals surface area contributed by atoms with E-state index in [1.54, 1.807) is 31.2 Å². The molecule has 118 valence electrons. The highest BCUT2D eigenvalue weighted by atomic mass is 35.5. The quantitative estimate of drug-likeness (QED) is 0.501. The van der Waals surface area contributed by atoms with Crippen LogP contribution >= 0.6 is 23.8 Å². The number of thiocarbonyl (C=S) groups is 1. The molecule has 0 aliphatic rings. The average molecular weight is 350 g/mol. The lowest BCUT2D eigenvalue weighted by Gasteiger charge is -2.12. The van der Waals surface area contributed by atoms with Crippen LogP contribution in [0.3, 0.4) is 0 Å². The monoisotopic (exact) mass is 349 g/mol. The SMILES string of the molecule is Cc1c(Cl)cccc1NC(=S)NC(=O)c1ccccc1[N+](=O)[O-]. The molecule has 0 fully saturated rings. The van der Waals surface area contributed by atoms with Gasteiger partial charge in [-0.15, -0.1) is 0 Å². The molecule has 2 N–H and O–H groups in total. The van der Waals surface area contributed by atoms with Crippen molar-refractivity contribution >= 4 is 46.2 Å². The maximum Gasteiger partial charge on any atom is 0.282 e. The van der Waals surface area contributed by atoms with E-state index in [1.165, 1.54) is 18.2 Å². The lowest BCUT2D eigenvalue weighted by atomic mass is 10.1. The molecule has 1 amide bonds. The van der Waals surface area contributed by atoms with Gasteiger partial charge in [0.25, 0.3) is 11.6 Å². The van der Waals surface area contributed by atoms with Gasteiger partial charge in [-0.2, -0.15) is 0 Å². The van der Waals surface area contributed by atoms with Crippen LogP contribution in [0.25, 0.3) is 0 Å². The summed E-state index contributed by atoms with van der Waals surface area (Å²) in [6.07, 6.45) is 0. The van der Waals surface area contributed by atoms with Gasteiger partial charge >= 0.3 is 0 Å². The lowest BCUT2D eigenvalue weighted by Crippen LogP contribution is -2.34. The minimum Gasteiger partial charge on any atom is -0.332 e. The van der Waals surface area contributed by atoms with Crippen LogP contribution in [0.1, 0.15) is 15.9 Å². The molecule has 0 unspecified atom stereocenters. The van der Waals surface area contributed by atoms with Crippen LogP contribution in [0.15, 0.2) is 42.5 Å². The largest absolute Gasteiger partial charge is 0.332 e. The number of carbonyl (C=O) groups is 1.